The number of aromatic nitrogens is 2. The fraction of sp³-hybridized carbons (Fsp3) is 0.0952. The average molecular weight is 393 g/mol. The van der Waals surface area contributed by atoms with Crippen LogP contribution in [0.25, 0.3) is 21.3 Å². The molecule has 0 aliphatic carbocycles. The van der Waals surface area contributed by atoms with Crippen LogP contribution in [0, 0.1) is 5.82 Å². The highest BCUT2D eigenvalue weighted by Gasteiger charge is 2.14. The summed E-state index contributed by atoms with van der Waals surface area (Å²) < 4.78 is 18.4. The minimum Gasteiger partial charge on any atom is -0.462 e. The maximum atomic E-state index is 13.3. The van der Waals surface area contributed by atoms with Crippen molar-refractivity contribution in [3.05, 3.63) is 71.6 Å². The van der Waals surface area contributed by atoms with Crippen molar-refractivity contribution in [3.63, 3.8) is 0 Å². The van der Waals surface area contributed by atoms with E-state index in [1.54, 1.807) is 37.3 Å². The molecule has 0 amide bonds. The lowest BCUT2D eigenvalue weighted by Gasteiger charge is -2.10. The van der Waals surface area contributed by atoms with Crippen LogP contribution in [0.15, 0.2) is 60.2 Å². The van der Waals surface area contributed by atoms with E-state index < -0.39 is 0 Å². The summed E-state index contributed by atoms with van der Waals surface area (Å²) in [6.07, 6.45) is 1.49. The van der Waals surface area contributed by atoms with Gasteiger partial charge in [-0.05, 0) is 42.8 Å². The molecule has 2 heterocycles. The second kappa shape index (κ2) is 7.74. The van der Waals surface area contributed by atoms with Gasteiger partial charge in [0.2, 0.25) is 0 Å². The molecule has 0 saturated heterocycles. The third kappa shape index (κ3) is 3.57. The topological polar surface area (TPSA) is 64.1 Å². The maximum Gasteiger partial charge on any atom is 0.338 e. The number of carbonyl (C=O) groups excluding carboxylic acids is 1. The van der Waals surface area contributed by atoms with Gasteiger partial charge in [0.1, 0.15) is 22.8 Å². The van der Waals surface area contributed by atoms with Crippen LogP contribution in [-0.2, 0) is 4.74 Å². The van der Waals surface area contributed by atoms with Crippen molar-refractivity contribution < 1.29 is 13.9 Å². The van der Waals surface area contributed by atoms with Crippen LogP contribution < -0.4 is 5.32 Å². The van der Waals surface area contributed by atoms with E-state index in [0.29, 0.717) is 23.7 Å². The highest BCUT2D eigenvalue weighted by molar-refractivity contribution is 7.17. The Balaban J connectivity index is 1.74. The van der Waals surface area contributed by atoms with E-state index in [1.807, 2.05) is 11.4 Å². The number of nitrogens with zero attached hydrogens (tertiary/aromatic N) is 2. The molecule has 0 bridgehead atoms. The van der Waals surface area contributed by atoms with Crippen LogP contribution >= 0.6 is 11.3 Å². The summed E-state index contributed by atoms with van der Waals surface area (Å²) >= 11 is 1.49. The molecule has 0 radical (unpaired) electrons. The minimum atomic E-state index is -0.374. The molecule has 0 fully saturated rings. The number of benzene rings is 2. The molecule has 0 unspecified atom stereocenters. The Labute approximate surface area is 164 Å². The summed E-state index contributed by atoms with van der Waals surface area (Å²) in [5.74, 6) is -0.0400. The summed E-state index contributed by atoms with van der Waals surface area (Å²) in [6.45, 7) is 2.09. The van der Waals surface area contributed by atoms with E-state index in [2.05, 4.69) is 15.3 Å². The number of nitrogens with one attached hydrogen (secondary N) is 1. The van der Waals surface area contributed by atoms with Gasteiger partial charge in [-0.1, -0.05) is 18.2 Å². The number of ether oxygens (including phenoxy) is 1. The molecule has 5 nitrogen and oxygen atoms in total. The number of carbonyl (C=O) groups is 1. The molecule has 2 aromatic carbocycles. The van der Waals surface area contributed by atoms with Gasteiger partial charge in [0.15, 0.2) is 0 Å². The molecule has 4 aromatic rings. The maximum absolute atomic E-state index is 13.3. The van der Waals surface area contributed by atoms with Gasteiger partial charge in [-0.2, -0.15) is 0 Å². The van der Waals surface area contributed by atoms with Crippen molar-refractivity contribution in [2.45, 2.75) is 6.92 Å². The largest absolute Gasteiger partial charge is 0.462 e. The summed E-state index contributed by atoms with van der Waals surface area (Å²) in [5, 5.41) is 6.09. The quantitative estimate of drug-likeness (QED) is 0.459. The predicted octanol–water partition coefficient (Wildman–Crippen LogP) is 5.42. The standard InChI is InChI=1S/C21H16FN3O2S/c1-2-27-21(26)14-4-3-5-16(10-14)25-19-18-17(11-28-20(18)24-12-23-19)13-6-8-15(22)9-7-13/h3-12H,2H2,1H3,(H,23,24,25). The number of thiophene rings is 1. The molecule has 0 saturated carbocycles. The van der Waals surface area contributed by atoms with Gasteiger partial charge in [0.05, 0.1) is 17.6 Å². The van der Waals surface area contributed by atoms with E-state index in [0.717, 1.165) is 21.3 Å². The second-order valence-electron chi connectivity index (χ2n) is 5.98. The number of hydrogen-bond acceptors (Lipinski definition) is 6. The van der Waals surface area contributed by atoms with Crippen LogP contribution in [0.3, 0.4) is 0 Å². The van der Waals surface area contributed by atoms with Gasteiger partial charge < -0.3 is 10.1 Å². The monoisotopic (exact) mass is 393 g/mol. The van der Waals surface area contributed by atoms with Crippen LogP contribution in [0.2, 0.25) is 0 Å². The fourth-order valence-electron chi connectivity index (χ4n) is 2.89. The number of rotatable bonds is 5. The number of esters is 1. The molecule has 7 heteroatoms. The Hall–Kier alpha value is -3.32. The van der Waals surface area contributed by atoms with Gasteiger partial charge in [-0.3, -0.25) is 0 Å². The first-order valence-electron chi connectivity index (χ1n) is 8.68. The van der Waals surface area contributed by atoms with Crippen LogP contribution in [0.1, 0.15) is 17.3 Å². The Morgan fingerprint density at radius 3 is 2.79 bits per heavy atom. The normalized spacial score (nSPS) is 10.8. The van der Waals surface area contributed by atoms with Crippen molar-refractivity contribution in [1.29, 1.82) is 0 Å². The molecule has 4 rings (SSSR count). The summed E-state index contributed by atoms with van der Waals surface area (Å²) in [5.41, 5.74) is 2.97. The Kier molecular flexibility index (Phi) is 4.99. The average Bonchev–Trinajstić information content (AvgIpc) is 3.14. The van der Waals surface area contributed by atoms with Gasteiger partial charge in [-0.25, -0.2) is 19.2 Å². The zero-order valence-electron chi connectivity index (χ0n) is 15.0. The molecule has 0 atom stereocenters. The number of anilines is 2. The molecule has 0 aliphatic heterocycles. The van der Waals surface area contributed by atoms with Crippen molar-refractivity contribution in [2.75, 3.05) is 11.9 Å². The Morgan fingerprint density at radius 2 is 2.00 bits per heavy atom. The molecular weight excluding hydrogens is 377 g/mol. The molecule has 28 heavy (non-hydrogen) atoms. The van der Waals surface area contributed by atoms with Crippen molar-refractivity contribution in [3.8, 4) is 11.1 Å². The first-order chi connectivity index (χ1) is 13.7. The highest BCUT2D eigenvalue weighted by Crippen LogP contribution is 2.37. The molecule has 140 valence electrons. The number of fused-ring (bicyclic) bond motifs is 1. The lowest BCUT2D eigenvalue weighted by molar-refractivity contribution is 0.0526. The van der Waals surface area contributed by atoms with Crippen LogP contribution in [-0.4, -0.2) is 22.5 Å². The molecule has 0 aliphatic rings. The Morgan fingerprint density at radius 1 is 1.18 bits per heavy atom. The van der Waals surface area contributed by atoms with E-state index >= 15 is 0 Å². The van der Waals surface area contributed by atoms with E-state index in [-0.39, 0.29) is 11.8 Å². The molecule has 1 N–H and O–H groups in total. The lowest BCUT2D eigenvalue weighted by Crippen LogP contribution is -2.05. The fourth-order valence-corrected chi connectivity index (χ4v) is 3.80. The third-order valence-electron chi connectivity index (χ3n) is 4.16. The van der Waals surface area contributed by atoms with E-state index in [1.165, 1.54) is 29.8 Å². The first-order valence-corrected chi connectivity index (χ1v) is 9.56. The van der Waals surface area contributed by atoms with E-state index in [4.69, 9.17) is 4.74 Å². The molecule has 0 spiro atoms. The predicted molar refractivity (Wildman–Crippen MR) is 108 cm³/mol. The molecular formula is C21H16FN3O2S. The van der Waals surface area contributed by atoms with Crippen molar-refractivity contribution in [2.24, 2.45) is 0 Å². The van der Waals surface area contributed by atoms with E-state index in [9.17, 15) is 9.18 Å². The summed E-state index contributed by atoms with van der Waals surface area (Å²) in [4.78, 5) is 21.5. The smallest absolute Gasteiger partial charge is 0.338 e. The molecule has 2 aromatic heterocycles. The van der Waals surface area contributed by atoms with Gasteiger partial charge in [-0.15, -0.1) is 11.3 Å². The van der Waals surface area contributed by atoms with Crippen molar-refractivity contribution in [1.82, 2.24) is 9.97 Å². The Bertz CT molecular complexity index is 1140. The summed E-state index contributed by atoms with van der Waals surface area (Å²) in [6, 6.07) is 13.4. The zero-order valence-corrected chi connectivity index (χ0v) is 15.8. The third-order valence-corrected chi connectivity index (χ3v) is 5.05. The minimum absolute atomic E-state index is 0.284. The summed E-state index contributed by atoms with van der Waals surface area (Å²) in [7, 11) is 0. The number of hydrogen-bond donors (Lipinski definition) is 1. The number of halogens is 1. The lowest BCUT2D eigenvalue weighted by atomic mass is 10.1. The van der Waals surface area contributed by atoms with Crippen LogP contribution in [0.4, 0.5) is 15.9 Å². The SMILES string of the molecule is CCOC(=O)c1cccc(Nc2ncnc3scc(-c4ccc(F)cc4)c23)c1. The van der Waals surface area contributed by atoms with Crippen LogP contribution in [0.5, 0.6) is 0 Å². The zero-order chi connectivity index (χ0) is 19.5. The van der Waals surface area contributed by atoms with Crippen molar-refractivity contribution >= 4 is 39.0 Å². The first kappa shape index (κ1) is 18.1. The highest BCUT2D eigenvalue weighted by atomic mass is 32.1. The van der Waals surface area contributed by atoms with Gasteiger partial charge in [0.25, 0.3) is 0 Å². The van der Waals surface area contributed by atoms with Gasteiger partial charge >= 0.3 is 5.97 Å². The second-order valence-corrected chi connectivity index (χ2v) is 6.84. The van der Waals surface area contributed by atoms with Gasteiger partial charge in [0, 0.05) is 16.6 Å².